The number of rotatable bonds is 2. The standard InChI is InChI=1S/C11H12FNO2/c1-2-13-10(15)5-7-3-4-9(12)8(6-14)11(7)13/h4,6-7H,2-3,5H2,1H3. The normalized spacial score (nSPS) is 25.5. The highest BCUT2D eigenvalue weighted by molar-refractivity contribution is 5.88. The number of allylic oxidation sites excluding steroid dienone is 4. The maximum atomic E-state index is 13.4. The lowest BCUT2D eigenvalue weighted by Crippen LogP contribution is -2.25. The molecule has 1 aliphatic heterocycles. The molecule has 0 spiro atoms. The first-order valence-corrected chi connectivity index (χ1v) is 5.04. The van der Waals surface area contributed by atoms with Crippen molar-refractivity contribution in [2.75, 3.05) is 6.54 Å². The van der Waals surface area contributed by atoms with Crippen molar-refractivity contribution in [2.45, 2.75) is 19.8 Å². The predicted molar refractivity (Wildman–Crippen MR) is 52.4 cm³/mol. The van der Waals surface area contributed by atoms with Crippen molar-refractivity contribution in [2.24, 2.45) is 5.92 Å². The number of fused-ring (bicyclic) bond motifs is 1. The van der Waals surface area contributed by atoms with E-state index in [9.17, 15) is 14.0 Å². The number of halogens is 1. The Labute approximate surface area is 87.2 Å². The average Bonchev–Trinajstić information content (AvgIpc) is 2.54. The van der Waals surface area contributed by atoms with Crippen LogP contribution in [0.25, 0.3) is 0 Å². The molecular formula is C11H12FNO2. The molecule has 0 aromatic rings. The monoisotopic (exact) mass is 209 g/mol. The molecule has 0 N–H and O–H groups in total. The third-order valence-corrected chi connectivity index (χ3v) is 2.95. The molecule has 1 heterocycles. The molecule has 0 bridgehead atoms. The average molecular weight is 209 g/mol. The van der Waals surface area contributed by atoms with Crippen LogP contribution in [-0.4, -0.2) is 23.6 Å². The van der Waals surface area contributed by atoms with E-state index >= 15 is 0 Å². The van der Waals surface area contributed by atoms with E-state index in [4.69, 9.17) is 0 Å². The van der Waals surface area contributed by atoms with Gasteiger partial charge in [0, 0.05) is 24.6 Å². The van der Waals surface area contributed by atoms with Gasteiger partial charge >= 0.3 is 0 Å². The largest absolute Gasteiger partial charge is 0.315 e. The molecule has 1 atom stereocenters. The lowest BCUT2D eigenvalue weighted by Gasteiger charge is -2.22. The first-order chi connectivity index (χ1) is 7.19. The van der Waals surface area contributed by atoms with Gasteiger partial charge in [-0.05, 0) is 19.4 Å². The molecule has 3 nitrogen and oxygen atoms in total. The first-order valence-electron chi connectivity index (χ1n) is 5.04. The van der Waals surface area contributed by atoms with Crippen LogP contribution >= 0.6 is 0 Å². The van der Waals surface area contributed by atoms with E-state index in [0.29, 0.717) is 31.4 Å². The van der Waals surface area contributed by atoms with Crippen LogP contribution in [0.3, 0.4) is 0 Å². The van der Waals surface area contributed by atoms with Gasteiger partial charge in [-0.25, -0.2) is 4.39 Å². The topological polar surface area (TPSA) is 37.4 Å². The highest BCUT2D eigenvalue weighted by Gasteiger charge is 2.38. The number of carbonyl (C=O) groups is 2. The highest BCUT2D eigenvalue weighted by Crippen LogP contribution is 2.39. The van der Waals surface area contributed by atoms with Crippen molar-refractivity contribution in [1.29, 1.82) is 0 Å². The number of carbonyl (C=O) groups excluding carboxylic acids is 2. The quantitative estimate of drug-likeness (QED) is 0.647. The zero-order valence-electron chi connectivity index (χ0n) is 8.50. The van der Waals surface area contributed by atoms with Gasteiger partial charge in [-0.2, -0.15) is 0 Å². The Morgan fingerprint density at radius 3 is 3.00 bits per heavy atom. The van der Waals surface area contributed by atoms with Gasteiger partial charge in [0.05, 0.1) is 5.57 Å². The number of likely N-dealkylation sites (tertiary alicyclic amines) is 1. The lowest BCUT2D eigenvalue weighted by atomic mass is 9.92. The van der Waals surface area contributed by atoms with E-state index in [1.807, 2.05) is 6.92 Å². The molecule has 0 aromatic heterocycles. The van der Waals surface area contributed by atoms with Crippen LogP contribution in [0.2, 0.25) is 0 Å². The minimum Gasteiger partial charge on any atom is -0.315 e. The molecular weight excluding hydrogens is 197 g/mol. The van der Waals surface area contributed by atoms with Crippen molar-refractivity contribution < 1.29 is 14.0 Å². The van der Waals surface area contributed by atoms with E-state index in [1.165, 1.54) is 11.0 Å². The smallest absolute Gasteiger partial charge is 0.227 e. The van der Waals surface area contributed by atoms with Gasteiger partial charge < -0.3 is 4.90 Å². The molecule has 0 saturated carbocycles. The van der Waals surface area contributed by atoms with Gasteiger partial charge in [-0.15, -0.1) is 0 Å². The summed E-state index contributed by atoms with van der Waals surface area (Å²) >= 11 is 0. The van der Waals surface area contributed by atoms with E-state index in [-0.39, 0.29) is 17.4 Å². The minimum atomic E-state index is -0.496. The molecule has 1 saturated heterocycles. The molecule has 80 valence electrons. The lowest BCUT2D eigenvalue weighted by molar-refractivity contribution is -0.126. The maximum absolute atomic E-state index is 13.4. The summed E-state index contributed by atoms with van der Waals surface area (Å²) < 4.78 is 13.4. The van der Waals surface area contributed by atoms with Crippen LogP contribution < -0.4 is 0 Å². The molecule has 1 fully saturated rings. The fourth-order valence-electron chi connectivity index (χ4n) is 2.27. The summed E-state index contributed by atoms with van der Waals surface area (Å²) in [6, 6.07) is 0. The molecule has 0 radical (unpaired) electrons. The minimum absolute atomic E-state index is 0.00264. The maximum Gasteiger partial charge on any atom is 0.227 e. The molecule has 1 amide bonds. The second kappa shape index (κ2) is 3.61. The fraction of sp³-hybridized carbons (Fsp3) is 0.455. The third kappa shape index (κ3) is 1.40. The van der Waals surface area contributed by atoms with Gasteiger partial charge in [0.25, 0.3) is 0 Å². The Hall–Kier alpha value is -1.45. The summed E-state index contributed by atoms with van der Waals surface area (Å²) in [5.74, 6) is -0.512. The number of aldehydes is 1. The zero-order chi connectivity index (χ0) is 11.0. The Morgan fingerprint density at radius 2 is 2.40 bits per heavy atom. The number of amides is 1. The van der Waals surface area contributed by atoms with Gasteiger partial charge in [-0.1, -0.05) is 0 Å². The van der Waals surface area contributed by atoms with E-state index < -0.39 is 5.83 Å². The van der Waals surface area contributed by atoms with Crippen LogP contribution in [0.4, 0.5) is 4.39 Å². The van der Waals surface area contributed by atoms with Gasteiger partial charge in [-0.3, -0.25) is 9.59 Å². The summed E-state index contributed by atoms with van der Waals surface area (Å²) in [6.45, 7) is 2.32. The van der Waals surface area contributed by atoms with Crippen LogP contribution in [0.15, 0.2) is 23.2 Å². The number of hydrogen-bond acceptors (Lipinski definition) is 2. The van der Waals surface area contributed by atoms with Crippen LogP contribution in [-0.2, 0) is 9.59 Å². The molecule has 0 aromatic carbocycles. The van der Waals surface area contributed by atoms with Crippen molar-refractivity contribution in [3.8, 4) is 0 Å². The van der Waals surface area contributed by atoms with Gasteiger partial charge in [0.15, 0.2) is 6.29 Å². The van der Waals surface area contributed by atoms with Crippen molar-refractivity contribution in [3.05, 3.63) is 23.2 Å². The molecule has 4 heteroatoms. The molecule has 2 aliphatic rings. The SMILES string of the molecule is CCN1C(=O)CC2CC=C(F)C(C=O)=C21. The Morgan fingerprint density at radius 1 is 1.67 bits per heavy atom. The number of nitrogens with zero attached hydrogens (tertiary/aromatic N) is 1. The molecule has 1 unspecified atom stereocenters. The Balaban J connectivity index is 2.50. The van der Waals surface area contributed by atoms with Crippen LogP contribution in [0.5, 0.6) is 0 Å². The second-order valence-corrected chi connectivity index (χ2v) is 3.74. The summed E-state index contributed by atoms with van der Waals surface area (Å²) in [5, 5.41) is 0. The van der Waals surface area contributed by atoms with Crippen molar-refractivity contribution in [3.63, 3.8) is 0 Å². The van der Waals surface area contributed by atoms with Crippen molar-refractivity contribution >= 4 is 12.2 Å². The Bertz CT molecular complexity index is 384. The van der Waals surface area contributed by atoms with Crippen molar-refractivity contribution in [1.82, 2.24) is 4.90 Å². The van der Waals surface area contributed by atoms with E-state index in [1.54, 1.807) is 0 Å². The summed E-state index contributed by atoms with van der Waals surface area (Å²) in [5.41, 5.74) is 0.636. The molecule has 1 aliphatic carbocycles. The number of hydrogen-bond donors (Lipinski definition) is 0. The van der Waals surface area contributed by atoms with E-state index in [0.717, 1.165) is 0 Å². The second-order valence-electron chi connectivity index (χ2n) is 3.74. The highest BCUT2D eigenvalue weighted by atomic mass is 19.1. The van der Waals surface area contributed by atoms with Crippen LogP contribution in [0.1, 0.15) is 19.8 Å². The Kier molecular flexibility index (Phi) is 2.42. The van der Waals surface area contributed by atoms with Gasteiger partial charge in [0.2, 0.25) is 5.91 Å². The summed E-state index contributed by atoms with van der Waals surface area (Å²) in [7, 11) is 0. The molecule has 15 heavy (non-hydrogen) atoms. The zero-order valence-corrected chi connectivity index (χ0v) is 8.50. The summed E-state index contributed by atoms with van der Waals surface area (Å²) in [4.78, 5) is 23.9. The summed E-state index contributed by atoms with van der Waals surface area (Å²) in [6.07, 6.45) is 2.81. The molecule has 2 rings (SSSR count). The third-order valence-electron chi connectivity index (χ3n) is 2.95. The fourth-order valence-corrected chi connectivity index (χ4v) is 2.27. The van der Waals surface area contributed by atoms with Crippen LogP contribution in [0, 0.1) is 5.92 Å². The predicted octanol–water partition coefficient (Wildman–Crippen LogP) is 1.56. The van der Waals surface area contributed by atoms with Gasteiger partial charge in [0.1, 0.15) is 5.83 Å². The van der Waals surface area contributed by atoms with E-state index in [2.05, 4.69) is 0 Å². The first kappa shape index (κ1) is 10.1.